The summed E-state index contributed by atoms with van der Waals surface area (Å²) in [6.45, 7) is 3.73. The fraction of sp³-hybridized carbons (Fsp3) is 0.529. The van der Waals surface area contributed by atoms with Gasteiger partial charge in [-0.2, -0.15) is 0 Å². The van der Waals surface area contributed by atoms with Crippen molar-refractivity contribution in [2.75, 3.05) is 0 Å². The minimum absolute atomic E-state index is 0.174. The van der Waals surface area contributed by atoms with Gasteiger partial charge in [-0.3, -0.25) is 4.79 Å². The molecule has 1 aromatic heterocycles. The predicted molar refractivity (Wildman–Crippen MR) is 90.6 cm³/mol. The van der Waals surface area contributed by atoms with Crippen LogP contribution in [0.15, 0.2) is 27.3 Å². The second-order valence-electron chi connectivity index (χ2n) is 5.93. The molecule has 0 saturated heterocycles. The fourth-order valence-corrected chi connectivity index (χ4v) is 2.98. The van der Waals surface area contributed by atoms with Crippen LogP contribution in [0.2, 0.25) is 0 Å². The Balaban J connectivity index is 1.80. The smallest absolute Gasteiger partial charge is 0.331 e. The van der Waals surface area contributed by atoms with Crippen LogP contribution in [0.25, 0.3) is 6.08 Å². The van der Waals surface area contributed by atoms with Crippen LogP contribution in [0.4, 0.5) is 0 Å². The first kappa shape index (κ1) is 17.8. The van der Waals surface area contributed by atoms with Crippen LogP contribution in [-0.2, 0) is 14.3 Å². The molecule has 1 aliphatic carbocycles. The fourth-order valence-electron chi connectivity index (χ4n) is 2.67. The summed E-state index contributed by atoms with van der Waals surface area (Å²) in [7, 11) is 0. The van der Waals surface area contributed by atoms with E-state index in [-0.39, 0.29) is 11.9 Å². The topological polar surface area (TPSA) is 68.5 Å². The number of carbonyl (C=O) groups excluding carboxylic acids is 2. The number of furan rings is 1. The lowest BCUT2D eigenvalue weighted by Crippen LogP contribution is -2.45. The Bertz CT molecular complexity index is 581. The minimum atomic E-state index is -0.815. The van der Waals surface area contributed by atoms with E-state index in [1.807, 2.05) is 0 Å². The molecule has 1 aromatic rings. The molecule has 3 atom stereocenters. The van der Waals surface area contributed by atoms with Crippen LogP contribution in [0.3, 0.4) is 0 Å². The van der Waals surface area contributed by atoms with Gasteiger partial charge in [-0.15, -0.1) is 0 Å². The van der Waals surface area contributed by atoms with E-state index in [4.69, 9.17) is 9.15 Å². The molecule has 1 aliphatic rings. The first-order valence-corrected chi connectivity index (χ1v) is 8.69. The zero-order chi connectivity index (χ0) is 16.8. The monoisotopic (exact) mass is 383 g/mol. The quantitative estimate of drug-likeness (QED) is 0.621. The van der Waals surface area contributed by atoms with Crippen LogP contribution < -0.4 is 5.32 Å². The van der Waals surface area contributed by atoms with E-state index >= 15 is 0 Å². The Morgan fingerprint density at radius 2 is 2.13 bits per heavy atom. The van der Waals surface area contributed by atoms with Crippen molar-refractivity contribution in [1.82, 2.24) is 5.32 Å². The molecule has 1 heterocycles. The van der Waals surface area contributed by atoms with Gasteiger partial charge >= 0.3 is 5.97 Å². The molecule has 1 amide bonds. The van der Waals surface area contributed by atoms with E-state index in [0.29, 0.717) is 16.3 Å². The van der Waals surface area contributed by atoms with Gasteiger partial charge in [-0.25, -0.2) is 4.79 Å². The number of carbonyl (C=O) groups is 2. The summed E-state index contributed by atoms with van der Waals surface area (Å²) < 4.78 is 11.0. The standard InChI is InChI=1S/C17H22BrNO4/c1-11-5-3-4-6-14(11)19-17(21)12(2)22-16(20)10-8-13-7-9-15(18)23-13/h7-12,14H,3-6H2,1-2H3,(H,19,21)/b10-8+/t11-,12-,14+/m1/s1. The maximum absolute atomic E-state index is 12.1. The normalized spacial score (nSPS) is 22.7. The van der Waals surface area contributed by atoms with E-state index in [1.165, 1.54) is 18.6 Å². The molecule has 1 fully saturated rings. The van der Waals surface area contributed by atoms with Gasteiger partial charge in [0.1, 0.15) is 5.76 Å². The molecule has 2 rings (SSSR count). The summed E-state index contributed by atoms with van der Waals surface area (Å²) in [6, 6.07) is 3.62. The lowest BCUT2D eigenvalue weighted by Gasteiger charge is -2.30. The lowest BCUT2D eigenvalue weighted by molar-refractivity contribution is -0.150. The molecule has 0 aromatic carbocycles. The van der Waals surface area contributed by atoms with Crippen molar-refractivity contribution in [2.24, 2.45) is 5.92 Å². The number of amides is 1. The highest BCUT2D eigenvalue weighted by molar-refractivity contribution is 9.10. The molecule has 1 saturated carbocycles. The summed E-state index contributed by atoms with van der Waals surface area (Å²) in [5, 5.41) is 2.99. The molecule has 0 spiro atoms. The highest BCUT2D eigenvalue weighted by Gasteiger charge is 2.25. The molecule has 0 aliphatic heterocycles. The van der Waals surface area contributed by atoms with Crippen molar-refractivity contribution < 1.29 is 18.7 Å². The molecule has 126 valence electrons. The third-order valence-corrected chi connectivity index (χ3v) is 4.51. The zero-order valence-electron chi connectivity index (χ0n) is 13.4. The number of hydrogen-bond acceptors (Lipinski definition) is 4. The van der Waals surface area contributed by atoms with Crippen molar-refractivity contribution in [3.63, 3.8) is 0 Å². The van der Waals surface area contributed by atoms with Crippen molar-refractivity contribution in [3.05, 3.63) is 28.6 Å². The number of halogens is 1. The molecule has 23 heavy (non-hydrogen) atoms. The van der Waals surface area contributed by atoms with Crippen LogP contribution in [0.1, 0.15) is 45.3 Å². The number of esters is 1. The van der Waals surface area contributed by atoms with Gasteiger partial charge in [0, 0.05) is 12.1 Å². The van der Waals surface area contributed by atoms with Crippen molar-refractivity contribution >= 4 is 33.9 Å². The second-order valence-corrected chi connectivity index (χ2v) is 6.71. The first-order valence-electron chi connectivity index (χ1n) is 7.90. The van der Waals surface area contributed by atoms with E-state index in [0.717, 1.165) is 19.3 Å². The maximum atomic E-state index is 12.1. The van der Waals surface area contributed by atoms with Crippen LogP contribution in [0, 0.1) is 5.92 Å². The summed E-state index contributed by atoms with van der Waals surface area (Å²) >= 11 is 3.18. The molecule has 5 nitrogen and oxygen atoms in total. The van der Waals surface area contributed by atoms with Crippen LogP contribution in [-0.4, -0.2) is 24.0 Å². The molecule has 6 heteroatoms. The van der Waals surface area contributed by atoms with Gasteiger partial charge in [-0.1, -0.05) is 19.8 Å². The Kier molecular flexibility index (Phi) is 6.45. The molecular weight excluding hydrogens is 362 g/mol. The van der Waals surface area contributed by atoms with Gasteiger partial charge in [0.05, 0.1) is 0 Å². The number of hydrogen-bond donors (Lipinski definition) is 1. The lowest BCUT2D eigenvalue weighted by atomic mass is 9.86. The van der Waals surface area contributed by atoms with E-state index < -0.39 is 12.1 Å². The van der Waals surface area contributed by atoms with Crippen molar-refractivity contribution in [2.45, 2.75) is 51.7 Å². The highest BCUT2D eigenvalue weighted by atomic mass is 79.9. The molecule has 0 bridgehead atoms. The van der Waals surface area contributed by atoms with Crippen molar-refractivity contribution in [1.29, 1.82) is 0 Å². The van der Waals surface area contributed by atoms with E-state index in [2.05, 4.69) is 28.2 Å². The van der Waals surface area contributed by atoms with Gasteiger partial charge in [0.15, 0.2) is 10.8 Å². The third-order valence-electron chi connectivity index (χ3n) is 4.08. The van der Waals surface area contributed by atoms with Crippen LogP contribution >= 0.6 is 15.9 Å². The SMILES string of the molecule is C[C@@H]1CCCC[C@@H]1NC(=O)[C@@H](C)OC(=O)/C=C/c1ccc(Br)o1. The first-order chi connectivity index (χ1) is 11.0. The Labute approximate surface area is 144 Å². The molecule has 1 N–H and O–H groups in total. The van der Waals surface area contributed by atoms with Crippen molar-refractivity contribution in [3.8, 4) is 0 Å². The van der Waals surface area contributed by atoms with E-state index in [1.54, 1.807) is 19.1 Å². The van der Waals surface area contributed by atoms with Crippen LogP contribution in [0.5, 0.6) is 0 Å². The molecule has 0 radical (unpaired) electrons. The number of nitrogens with one attached hydrogen (secondary N) is 1. The van der Waals surface area contributed by atoms with Gasteiger partial charge in [0.25, 0.3) is 5.91 Å². The average molecular weight is 384 g/mol. The molecule has 0 unspecified atom stereocenters. The second kappa shape index (κ2) is 8.34. The Morgan fingerprint density at radius 1 is 1.39 bits per heavy atom. The van der Waals surface area contributed by atoms with E-state index in [9.17, 15) is 9.59 Å². The summed E-state index contributed by atoms with van der Waals surface area (Å²) in [5.74, 6) is 0.179. The minimum Gasteiger partial charge on any atom is -0.450 e. The summed E-state index contributed by atoms with van der Waals surface area (Å²) in [6.07, 6.45) is 6.39. The summed E-state index contributed by atoms with van der Waals surface area (Å²) in [4.78, 5) is 23.9. The predicted octanol–water partition coefficient (Wildman–Crippen LogP) is 3.68. The van der Waals surface area contributed by atoms with Gasteiger partial charge < -0.3 is 14.5 Å². The number of rotatable bonds is 5. The highest BCUT2D eigenvalue weighted by Crippen LogP contribution is 2.23. The van der Waals surface area contributed by atoms with Gasteiger partial charge in [0.2, 0.25) is 0 Å². The zero-order valence-corrected chi connectivity index (χ0v) is 15.0. The Morgan fingerprint density at radius 3 is 2.78 bits per heavy atom. The molecular formula is C17H22BrNO4. The number of ether oxygens (including phenoxy) is 1. The largest absolute Gasteiger partial charge is 0.450 e. The third kappa shape index (κ3) is 5.53. The maximum Gasteiger partial charge on any atom is 0.331 e. The summed E-state index contributed by atoms with van der Waals surface area (Å²) in [5.41, 5.74) is 0. The van der Waals surface area contributed by atoms with Gasteiger partial charge in [-0.05, 0) is 59.8 Å². The average Bonchev–Trinajstić information content (AvgIpc) is 2.93. The Hall–Kier alpha value is -1.56.